The normalized spacial score (nSPS) is 19.8. The van der Waals surface area contributed by atoms with E-state index in [2.05, 4.69) is 45.8 Å². The van der Waals surface area contributed by atoms with E-state index in [0.717, 1.165) is 11.3 Å². The summed E-state index contributed by atoms with van der Waals surface area (Å²) >= 11 is 0. The van der Waals surface area contributed by atoms with Crippen LogP contribution in [0.15, 0.2) is 73.3 Å². The van der Waals surface area contributed by atoms with Gasteiger partial charge in [0.05, 0.1) is 32.6 Å². The van der Waals surface area contributed by atoms with Crippen molar-refractivity contribution in [3.63, 3.8) is 0 Å². The summed E-state index contributed by atoms with van der Waals surface area (Å²) < 4.78 is 22.3. The highest BCUT2D eigenvalue weighted by atomic mass is 28.4. The molecule has 0 spiro atoms. The average molecular weight is 651 g/mol. The van der Waals surface area contributed by atoms with Crippen LogP contribution in [-0.4, -0.2) is 58.1 Å². The lowest BCUT2D eigenvalue weighted by atomic mass is 9.79. The van der Waals surface area contributed by atoms with Crippen LogP contribution in [0.3, 0.4) is 0 Å². The van der Waals surface area contributed by atoms with Gasteiger partial charge in [0.2, 0.25) is 0 Å². The van der Waals surface area contributed by atoms with Gasteiger partial charge in [0.25, 0.3) is 0 Å². The Hall–Kier alpha value is -3.60. The van der Waals surface area contributed by atoms with Crippen LogP contribution in [0.25, 0.3) is 0 Å². The van der Waals surface area contributed by atoms with Gasteiger partial charge >= 0.3 is 17.9 Å². The maximum Gasteiger partial charge on any atom is 0.323 e. The summed E-state index contributed by atoms with van der Waals surface area (Å²) in [6, 6.07) is 15.5. The van der Waals surface area contributed by atoms with Gasteiger partial charge in [0, 0.05) is 25.2 Å². The molecule has 0 radical (unpaired) electrons. The molecule has 1 fully saturated rings. The highest BCUT2D eigenvalue weighted by molar-refractivity contribution is 6.74. The third-order valence-corrected chi connectivity index (χ3v) is 14.0. The molecule has 2 aromatic rings. The van der Waals surface area contributed by atoms with Crippen LogP contribution in [0, 0.1) is 10.8 Å². The van der Waals surface area contributed by atoms with Crippen LogP contribution in [0.2, 0.25) is 18.1 Å². The van der Waals surface area contributed by atoms with E-state index in [0.29, 0.717) is 25.2 Å². The zero-order valence-corrected chi connectivity index (χ0v) is 29.6. The van der Waals surface area contributed by atoms with Crippen molar-refractivity contribution < 1.29 is 33.0 Å². The quantitative estimate of drug-likeness (QED) is 0.0758. The third-order valence-electron chi connectivity index (χ3n) is 9.48. The smallest absolute Gasteiger partial charge is 0.323 e. The lowest BCUT2D eigenvalue weighted by molar-refractivity contribution is -0.169. The van der Waals surface area contributed by atoms with E-state index in [4.69, 9.17) is 23.6 Å². The van der Waals surface area contributed by atoms with E-state index in [1.54, 1.807) is 24.3 Å². The fourth-order valence-electron chi connectivity index (χ4n) is 5.62. The van der Waals surface area contributed by atoms with Crippen molar-refractivity contribution in [2.45, 2.75) is 83.3 Å². The van der Waals surface area contributed by atoms with Gasteiger partial charge in [0.15, 0.2) is 13.7 Å². The second kappa shape index (κ2) is 14.9. The zero-order chi connectivity index (χ0) is 34.2. The minimum Gasteiger partial charge on any atom is -0.468 e. The number of nitrogens with zero attached hydrogens (tertiary/aromatic N) is 1. The van der Waals surface area contributed by atoms with Crippen molar-refractivity contribution >= 4 is 26.2 Å². The first-order valence-corrected chi connectivity index (χ1v) is 18.5. The first-order valence-electron chi connectivity index (χ1n) is 15.6. The molecule has 1 aromatic heterocycles. The number of methoxy groups -OCH3 is 3. The highest BCUT2D eigenvalue weighted by Gasteiger charge is 2.73. The Morgan fingerprint density at radius 1 is 0.913 bits per heavy atom. The number of benzene rings is 1. The molecule has 1 aliphatic rings. The van der Waals surface area contributed by atoms with Crippen LogP contribution < -0.4 is 5.32 Å². The molecular formula is C36H50N2O7Si. The van der Waals surface area contributed by atoms with Crippen molar-refractivity contribution in [3.05, 3.63) is 90.3 Å². The maximum absolute atomic E-state index is 13.3. The molecular weight excluding hydrogens is 600 g/mol. The molecule has 1 saturated carbocycles. The molecule has 1 aliphatic carbocycles. The Morgan fingerprint density at radius 3 is 2.11 bits per heavy atom. The SMILES string of the molecule is C=C[C@@]1(O[Si](C)(C)C(C)(C)C)C[C@@]1(C/C=C/CC(Cc1cccc(CNCc2ccccc2)n1)(C(=O)OC)C(=O)OC)C(=O)OC. The number of allylic oxidation sites excluding steroid dienone is 2. The molecule has 9 nitrogen and oxygen atoms in total. The summed E-state index contributed by atoms with van der Waals surface area (Å²) in [5.74, 6) is -1.84. The number of nitrogens with one attached hydrogen (secondary N) is 1. The summed E-state index contributed by atoms with van der Waals surface area (Å²) in [5.41, 5.74) is -1.05. The Kier molecular flexibility index (Phi) is 11.9. The van der Waals surface area contributed by atoms with Crippen LogP contribution in [-0.2, 0) is 52.5 Å². The second-order valence-electron chi connectivity index (χ2n) is 13.5. The summed E-state index contributed by atoms with van der Waals surface area (Å²) in [6.45, 7) is 15.9. The van der Waals surface area contributed by atoms with Crippen LogP contribution in [0.4, 0.5) is 0 Å². The lowest BCUT2D eigenvalue weighted by Gasteiger charge is -2.40. The van der Waals surface area contributed by atoms with Crippen molar-refractivity contribution in [2.24, 2.45) is 10.8 Å². The minimum atomic E-state index is -2.27. The van der Waals surface area contributed by atoms with Gasteiger partial charge in [-0.3, -0.25) is 19.4 Å². The van der Waals surface area contributed by atoms with Gasteiger partial charge in [0.1, 0.15) is 5.41 Å². The molecule has 1 aromatic carbocycles. The van der Waals surface area contributed by atoms with Crippen LogP contribution >= 0.6 is 0 Å². The number of aromatic nitrogens is 1. The number of ether oxygens (including phenoxy) is 3. The van der Waals surface area contributed by atoms with E-state index in [9.17, 15) is 14.4 Å². The van der Waals surface area contributed by atoms with Crippen LogP contribution in [0.1, 0.15) is 57.0 Å². The van der Waals surface area contributed by atoms with Gasteiger partial charge in [-0.05, 0) is 55.1 Å². The number of hydrogen-bond acceptors (Lipinski definition) is 9. The zero-order valence-electron chi connectivity index (χ0n) is 28.6. The number of esters is 3. The Balaban J connectivity index is 1.83. The van der Waals surface area contributed by atoms with E-state index in [1.165, 1.54) is 21.3 Å². The molecule has 0 bridgehead atoms. The van der Waals surface area contributed by atoms with Crippen molar-refractivity contribution in [2.75, 3.05) is 21.3 Å². The highest BCUT2D eigenvalue weighted by Crippen LogP contribution is 2.65. The van der Waals surface area contributed by atoms with Crippen molar-refractivity contribution in [3.8, 4) is 0 Å². The maximum atomic E-state index is 13.3. The molecule has 46 heavy (non-hydrogen) atoms. The van der Waals surface area contributed by atoms with E-state index >= 15 is 0 Å². The largest absolute Gasteiger partial charge is 0.468 e. The number of carbonyl (C=O) groups excluding carboxylic acids is 3. The molecule has 3 rings (SSSR count). The van der Waals surface area contributed by atoms with Crippen LogP contribution in [0.5, 0.6) is 0 Å². The van der Waals surface area contributed by atoms with E-state index < -0.39 is 36.7 Å². The lowest BCUT2D eigenvalue weighted by Crippen LogP contribution is -2.47. The van der Waals surface area contributed by atoms with E-state index in [-0.39, 0.29) is 30.3 Å². The minimum absolute atomic E-state index is 0.0219. The Morgan fingerprint density at radius 2 is 1.54 bits per heavy atom. The third kappa shape index (κ3) is 7.85. The molecule has 0 unspecified atom stereocenters. The standard InChI is InChI=1S/C36H50N2O7Si/c1-10-36(45-46(8,9)33(2,3)4)26-35(36,32(41)44-7)22-15-14-21-34(30(39)42-5,31(40)43-6)23-28-19-16-20-29(38-28)25-37-24-27-17-12-11-13-18-27/h10-20,37H,1,21-26H2,2-9H3/b15-14+/t35-,36+/m0/s1. The van der Waals surface area contributed by atoms with Gasteiger partial charge < -0.3 is 24.0 Å². The predicted octanol–water partition coefficient (Wildman–Crippen LogP) is 6.09. The predicted molar refractivity (Wildman–Crippen MR) is 180 cm³/mol. The number of pyridine rings is 1. The summed E-state index contributed by atoms with van der Waals surface area (Å²) in [5, 5.41) is 3.30. The molecule has 0 amide bonds. The Labute approximate surface area is 274 Å². The number of hydrogen-bond donors (Lipinski definition) is 1. The number of rotatable bonds is 16. The van der Waals surface area contributed by atoms with Gasteiger partial charge in [-0.25, -0.2) is 0 Å². The van der Waals surface area contributed by atoms with Gasteiger partial charge in [-0.15, -0.1) is 6.58 Å². The van der Waals surface area contributed by atoms with Gasteiger partial charge in [-0.2, -0.15) is 0 Å². The number of carbonyl (C=O) groups is 3. The molecule has 250 valence electrons. The topological polar surface area (TPSA) is 113 Å². The molecule has 1 heterocycles. The molecule has 2 atom stereocenters. The Bertz CT molecular complexity index is 1400. The first kappa shape index (κ1) is 36.9. The second-order valence-corrected chi connectivity index (χ2v) is 18.3. The summed E-state index contributed by atoms with van der Waals surface area (Å²) in [4.78, 5) is 44.6. The fraction of sp³-hybridized carbons (Fsp3) is 0.500. The van der Waals surface area contributed by atoms with E-state index in [1.807, 2.05) is 42.5 Å². The van der Waals surface area contributed by atoms with Crippen molar-refractivity contribution in [1.29, 1.82) is 0 Å². The monoisotopic (exact) mass is 650 g/mol. The summed E-state index contributed by atoms with van der Waals surface area (Å²) in [7, 11) is 1.58. The van der Waals surface area contributed by atoms with Gasteiger partial charge in [-0.1, -0.05) is 75.4 Å². The molecule has 0 saturated heterocycles. The molecule has 0 aliphatic heterocycles. The first-order chi connectivity index (χ1) is 21.7. The molecule has 10 heteroatoms. The van der Waals surface area contributed by atoms with Crippen molar-refractivity contribution in [1.82, 2.24) is 10.3 Å². The average Bonchev–Trinajstić information content (AvgIpc) is 3.68. The molecule has 1 N–H and O–H groups in total. The fourth-order valence-corrected chi connectivity index (χ4v) is 7.18. The summed E-state index contributed by atoms with van der Waals surface area (Å²) in [6.07, 6.45) is 5.90.